The zero-order valence-electron chi connectivity index (χ0n) is 7.55. The molecular formula is C10H11Cl2NO. The molecule has 4 heteroatoms. The van der Waals surface area contributed by atoms with Crippen LogP contribution in [0.4, 0.5) is 5.69 Å². The lowest BCUT2D eigenvalue weighted by Crippen LogP contribution is -2.00. The number of Topliss-reactive ketones (excluding diaryl/α,β-unsaturated/α-hetero) is 1. The van der Waals surface area contributed by atoms with Crippen LogP contribution in [0.2, 0.25) is 0 Å². The number of hydrogen-bond donors (Lipinski definition) is 1. The van der Waals surface area contributed by atoms with Gasteiger partial charge in [0.2, 0.25) is 0 Å². The van der Waals surface area contributed by atoms with Crippen molar-refractivity contribution in [3.05, 3.63) is 29.3 Å². The third-order valence-corrected chi connectivity index (χ3v) is 2.50. The first-order valence-corrected chi connectivity index (χ1v) is 4.80. The lowest BCUT2D eigenvalue weighted by atomic mass is 10.1. The molecule has 0 saturated heterocycles. The number of carbonyl (C=O) groups is 1. The van der Waals surface area contributed by atoms with Gasteiger partial charge < -0.3 is 5.32 Å². The van der Waals surface area contributed by atoms with Crippen molar-refractivity contribution in [1.82, 2.24) is 0 Å². The smallest absolute Gasteiger partial charge is 0.177 e. The number of ketones is 1. The van der Waals surface area contributed by atoms with Gasteiger partial charge in [-0.1, -0.05) is 0 Å². The number of rotatable bonds is 2. The molecule has 0 fully saturated rings. The van der Waals surface area contributed by atoms with Crippen molar-refractivity contribution in [2.75, 3.05) is 17.7 Å². The summed E-state index contributed by atoms with van der Waals surface area (Å²) in [4.78, 5) is 11.3. The highest BCUT2D eigenvalue weighted by Crippen LogP contribution is 2.23. The average Bonchev–Trinajstić information content (AvgIpc) is 2.63. The summed E-state index contributed by atoms with van der Waals surface area (Å²) in [6, 6.07) is 5.70. The van der Waals surface area contributed by atoms with Crippen LogP contribution in [0.5, 0.6) is 0 Å². The highest BCUT2D eigenvalue weighted by Gasteiger charge is 2.12. The lowest BCUT2D eigenvalue weighted by Gasteiger charge is -2.01. The molecule has 0 aromatic heterocycles. The topological polar surface area (TPSA) is 29.1 Å². The van der Waals surface area contributed by atoms with Gasteiger partial charge in [0, 0.05) is 17.8 Å². The van der Waals surface area contributed by atoms with Crippen molar-refractivity contribution < 1.29 is 4.79 Å². The van der Waals surface area contributed by atoms with Crippen LogP contribution in [0.1, 0.15) is 15.9 Å². The Kier molecular flexibility index (Phi) is 3.78. The minimum absolute atomic E-state index is 0. The number of fused-ring (bicyclic) bond motifs is 1. The predicted molar refractivity (Wildman–Crippen MR) is 60.9 cm³/mol. The molecule has 0 spiro atoms. The van der Waals surface area contributed by atoms with Gasteiger partial charge >= 0.3 is 0 Å². The summed E-state index contributed by atoms with van der Waals surface area (Å²) in [5.41, 5.74) is 3.08. The maximum absolute atomic E-state index is 11.3. The Bertz CT molecular complexity index is 352. The number of hydrogen-bond acceptors (Lipinski definition) is 2. The lowest BCUT2D eigenvalue weighted by molar-refractivity contribution is 0.102. The van der Waals surface area contributed by atoms with E-state index in [0.717, 1.165) is 24.2 Å². The van der Waals surface area contributed by atoms with Gasteiger partial charge in [-0.2, -0.15) is 0 Å². The minimum Gasteiger partial charge on any atom is -0.384 e. The fourth-order valence-electron chi connectivity index (χ4n) is 1.56. The number of alkyl halides is 1. The van der Waals surface area contributed by atoms with Gasteiger partial charge in [-0.05, 0) is 30.2 Å². The fraction of sp³-hybridized carbons (Fsp3) is 0.300. The van der Waals surface area contributed by atoms with Gasteiger partial charge in [-0.25, -0.2) is 0 Å². The van der Waals surface area contributed by atoms with E-state index in [1.807, 2.05) is 18.2 Å². The van der Waals surface area contributed by atoms with E-state index in [-0.39, 0.29) is 24.1 Å². The quantitative estimate of drug-likeness (QED) is 0.627. The Morgan fingerprint density at radius 2 is 2.29 bits per heavy atom. The molecule has 0 unspecified atom stereocenters. The average molecular weight is 232 g/mol. The molecule has 0 amide bonds. The third kappa shape index (κ3) is 2.02. The van der Waals surface area contributed by atoms with Crippen molar-refractivity contribution >= 4 is 35.5 Å². The molecule has 1 aromatic carbocycles. The monoisotopic (exact) mass is 231 g/mol. The first kappa shape index (κ1) is 11.3. The summed E-state index contributed by atoms with van der Waals surface area (Å²) in [6.45, 7) is 0.966. The van der Waals surface area contributed by atoms with Crippen LogP contribution in [-0.4, -0.2) is 18.2 Å². The molecule has 2 rings (SSSR count). The second-order valence-electron chi connectivity index (χ2n) is 3.11. The number of halogens is 2. The first-order chi connectivity index (χ1) is 6.31. The Hall–Kier alpha value is -0.730. The number of nitrogens with one attached hydrogen (secondary N) is 1. The largest absolute Gasteiger partial charge is 0.384 e. The van der Waals surface area contributed by atoms with Crippen LogP contribution in [0.25, 0.3) is 0 Å². The molecule has 14 heavy (non-hydrogen) atoms. The molecule has 76 valence electrons. The summed E-state index contributed by atoms with van der Waals surface area (Å²) in [5.74, 6) is 0.0584. The van der Waals surface area contributed by atoms with E-state index >= 15 is 0 Å². The van der Waals surface area contributed by atoms with E-state index in [1.165, 1.54) is 5.56 Å². The summed E-state index contributed by atoms with van der Waals surface area (Å²) in [5, 5.41) is 3.24. The van der Waals surface area contributed by atoms with Crippen molar-refractivity contribution in [2.24, 2.45) is 0 Å². The van der Waals surface area contributed by atoms with Crippen molar-refractivity contribution in [2.45, 2.75) is 6.42 Å². The summed E-state index contributed by atoms with van der Waals surface area (Å²) >= 11 is 5.47. The number of benzene rings is 1. The molecule has 0 radical (unpaired) electrons. The molecule has 1 aliphatic heterocycles. The highest BCUT2D eigenvalue weighted by atomic mass is 35.5. The van der Waals surface area contributed by atoms with E-state index in [2.05, 4.69) is 5.32 Å². The van der Waals surface area contributed by atoms with E-state index in [1.54, 1.807) is 0 Å². The van der Waals surface area contributed by atoms with Crippen LogP contribution in [0.15, 0.2) is 18.2 Å². The highest BCUT2D eigenvalue weighted by molar-refractivity contribution is 6.30. The van der Waals surface area contributed by atoms with Crippen LogP contribution < -0.4 is 5.32 Å². The molecule has 2 nitrogen and oxygen atoms in total. The van der Waals surface area contributed by atoms with E-state index in [9.17, 15) is 4.79 Å². The summed E-state index contributed by atoms with van der Waals surface area (Å²) < 4.78 is 0. The van der Waals surface area contributed by atoms with E-state index in [4.69, 9.17) is 11.6 Å². The maximum atomic E-state index is 11.3. The normalized spacial score (nSPS) is 12.6. The third-order valence-electron chi connectivity index (χ3n) is 2.26. The Balaban J connectivity index is 0.000000980. The summed E-state index contributed by atoms with van der Waals surface area (Å²) in [6.07, 6.45) is 0.999. The second-order valence-corrected chi connectivity index (χ2v) is 3.37. The predicted octanol–water partition coefficient (Wildman–Crippen LogP) is 2.50. The van der Waals surface area contributed by atoms with Crippen molar-refractivity contribution in [1.29, 1.82) is 0 Å². The maximum Gasteiger partial charge on any atom is 0.177 e. The fourth-order valence-corrected chi connectivity index (χ4v) is 1.71. The van der Waals surface area contributed by atoms with Gasteiger partial charge in [-0.3, -0.25) is 4.79 Å². The molecule has 1 N–H and O–H groups in total. The van der Waals surface area contributed by atoms with Gasteiger partial charge in [-0.15, -0.1) is 24.0 Å². The van der Waals surface area contributed by atoms with Gasteiger partial charge in [0.1, 0.15) is 0 Å². The van der Waals surface area contributed by atoms with Gasteiger partial charge in [0.05, 0.1) is 5.88 Å². The summed E-state index contributed by atoms with van der Waals surface area (Å²) in [7, 11) is 0. The molecule has 1 aromatic rings. The molecular weight excluding hydrogens is 221 g/mol. The first-order valence-electron chi connectivity index (χ1n) is 4.27. The SMILES string of the molecule is Cl.O=C(CCl)c1ccc2c(c1)CCN2. The molecule has 1 heterocycles. The zero-order valence-corrected chi connectivity index (χ0v) is 9.12. The van der Waals surface area contributed by atoms with E-state index in [0.29, 0.717) is 0 Å². The molecule has 0 saturated carbocycles. The van der Waals surface area contributed by atoms with Crippen LogP contribution in [0, 0.1) is 0 Å². The molecule has 1 aliphatic rings. The van der Waals surface area contributed by atoms with E-state index < -0.39 is 0 Å². The Morgan fingerprint density at radius 1 is 1.50 bits per heavy atom. The van der Waals surface area contributed by atoms with Crippen molar-refractivity contribution in [3.8, 4) is 0 Å². The second kappa shape index (κ2) is 4.67. The molecule has 0 bridgehead atoms. The number of anilines is 1. The Labute approximate surface area is 94.1 Å². The van der Waals surface area contributed by atoms with Crippen molar-refractivity contribution in [3.63, 3.8) is 0 Å². The Morgan fingerprint density at radius 3 is 3.00 bits per heavy atom. The standard InChI is InChI=1S/C10H10ClNO.ClH/c11-6-10(13)8-1-2-9-7(5-8)3-4-12-9;/h1-2,5,12H,3-4,6H2;1H. The van der Waals surface area contributed by atoms with Crippen LogP contribution in [-0.2, 0) is 6.42 Å². The number of carbonyl (C=O) groups excluding carboxylic acids is 1. The molecule has 0 aliphatic carbocycles. The zero-order chi connectivity index (χ0) is 9.26. The van der Waals surface area contributed by atoms with Gasteiger partial charge in [0.15, 0.2) is 5.78 Å². The molecule has 0 atom stereocenters. The van der Waals surface area contributed by atoms with Gasteiger partial charge in [0.25, 0.3) is 0 Å². The minimum atomic E-state index is -0.00336. The van der Waals surface area contributed by atoms with Crippen LogP contribution >= 0.6 is 24.0 Å². The van der Waals surface area contributed by atoms with Crippen LogP contribution in [0.3, 0.4) is 0 Å².